The summed E-state index contributed by atoms with van der Waals surface area (Å²) < 4.78 is 31.9. The van der Waals surface area contributed by atoms with Crippen molar-refractivity contribution in [2.24, 2.45) is 0 Å². The van der Waals surface area contributed by atoms with Gasteiger partial charge in [0.15, 0.2) is 0 Å². The van der Waals surface area contributed by atoms with E-state index >= 15 is 0 Å². The Balaban J connectivity index is 1.63. The van der Waals surface area contributed by atoms with Gasteiger partial charge in [0.1, 0.15) is 17.3 Å². The first-order chi connectivity index (χ1) is 14.1. The number of aromatic nitrogens is 2. The molecular weight excluding hydrogens is 376 g/mol. The Morgan fingerprint density at radius 3 is 2.31 bits per heavy atom. The third kappa shape index (κ3) is 3.35. The van der Waals surface area contributed by atoms with E-state index in [0.717, 1.165) is 18.5 Å². The van der Waals surface area contributed by atoms with E-state index in [1.807, 2.05) is 0 Å². The minimum atomic E-state index is -0.386. The van der Waals surface area contributed by atoms with Crippen molar-refractivity contribution in [3.8, 4) is 11.3 Å². The molecule has 2 heterocycles. The molecule has 0 bridgehead atoms. The van der Waals surface area contributed by atoms with Crippen LogP contribution in [0.3, 0.4) is 0 Å². The highest BCUT2D eigenvalue weighted by Gasteiger charge is 2.29. The first-order valence-electron chi connectivity index (χ1n) is 9.21. The SMILES string of the molecule is O=C(Nc1ccc(F)cc1)c1cc(C2CC2)nc2onc(-c3ccc(F)cc3)c12. The zero-order valence-corrected chi connectivity index (χ0v) is 15.2. The Bertz CT molecular complexity index is 1210. The normalized spacial score (nSPS) is 13.6. The van der Waals surface area contributed by atoms with E-state index in [1.165, 1.54) is 36.4 Å². The molecule has 0 radical (unpaired) electrons. The second-order valence-electron chi connectivity index (χ2n) is 7.05. The topological polar surface area (TPSA) is 68.0 Å². The summed E-state index contributed by atoms with van der Waals surface area (Å²) in [5.74, 6) is -0.832. The molecule has 5 rings (SSSR count). The van der Waals surface area contributed by atoms with Crippen LogP contribution in [-0.4, -0.2) is 16.0 Å². The van der Waals surface area contributed by atoms with Crippen LogP contribution in [0.15, 0.2) is 59.1 Å². The molecule has 0 atom stereocenters. The molecule has 0 saturated heterocycles. The number of hydrogen-bond donors (Lipinski definition) is 1. The number of rotatable bonds is 4. The van der Waals surface area contributed by atoms with Gasteiger partial charge >= 0.3 is 0 Å². The fourth-order valence-corrected chi connectivity index (χ4v) is 3.27. The lowest BCUT2D eigenvalue weighted by Gasteiger charge is -2.08. The van der Waals surface area contributed by atoms with Crippen molar-refractivity contribution in [1.82, 2.24) is 10.1 Å². The van der Waals surface area contributed by atoms with Gasteiger partial charge in [-0.3, -0.25) is 4.79 Å². The lowest BCUT2D eigenvalue weighted by atomic mass is 10.0. The number of carbonyl (C=O) groups excluding carboxylic acids is 1. The molecule has 2 aromatic heterocycles. The molecular formula is C22H15F2N3O2. The highest BCUT2D eigenvalue weighted by molar-refractivity contribution is 6.14. The molecule has 1 fully saturated rings. The van der Waals surface area contributed by atoms with E-state index in [9.17, 15) is 13.6 Å². The number of carbonyl (C=O) groups is 1. The van der Waals surface area contributed by atoms with Gasteiger partial charge in [0, 0.05) is 22.9 Å². The van der Waals surface area contributed by atoms with E-state index < -0.39 is 0 Å². The summed E-state index contributed by atoms with van der Waals surface area (Å²) in [5.41, 5.74) is 2.90. The Morgan fingerprint density at radius 1 is 1.00 bits per heavy atom. The molecule has 1 aliphatic carbocycles. The van der Waals surface area contributed by atoms with Crippen LogP contribution in [-0.2, 0) is 0 Å². The van der Waals surface area contributed by atoms with Crippen molar-refractivity contribution in [1.29, 1.82) is 0 Å². The highest BCUT2D eigenvalue weighted by Crippen LogP contribution is 2.41. The minimum absolute atomic E-state index is 0.262. The minimum Gasteiger partial charge on any atom is -0.335 e. The van der Waals surface area contributed by atoms with Gasteiger partial charge in [-0.25, -0.2) is 13.8 Å². The van der Waals surface area contributed by atoms with Crippen molar-refractivity contribution < 1.29 is 18.1 Å². The molecule has 1 N–H and O–H groups in total. The number of amides is 1. The fourth-order valence-electron chi connectivity index (χ4n) is 3.27. The monoisotopic (exact) mass is 391 g/mol. The van der Waals surface area contributed by atoms with Crippen molar-refractivity contribution in [2.75, 3.05) is 5.32 Å². The van der Waals surface area contributed by atoms with Crippen LogP contribution in [0, 0.1) is 11.6 Å². The maximum Gasteiger partial charge on any atom is 0.259 e. The average molecular weight is 391 g/mol. The van der Waals surface area contributed by atoms with Crippen LogP contribution in [0.1, 0.15) is 34.8 Å². The molecule has 0 spiro atoms. The first kappa shape index (κ1) is 17.5. The summed E-state index contributed by atoms with van der Waals surface area (Å²) in [6.45, 7) is 0. The van der Waals surface area contributed by atoms with Gasteiger partial charge in [-0.15, -0.1) is 0 Å². The predicted molar refractivity (Wildman–Crippen MR) is 104 cm³/mol. The smallest absolute Gasteiger partial charge is 0.259 e. The van der Waals surface area contributed by atoms with E-state index in [4.69, 9.17) is 4.52 Å². The summed E-state index contributed by atoms with van der Waals surface area (Å²) in [4.78, 5) is 17.6. The quantitative estimate of drug-likeness (QED) is 0.513. The summed E-state index contributed by atoms with van der Waals surface area (Å²) >= 11 is 0. The van der Waals surface area contributed by atoms with E-state index in [1.54, 1.807) is 18.2 Å². The summed E-state index contributed by atoms with van der Waals surface area (Å²) in [6.07, 6.45) is 2.02. The number of benzene rings is 2. The van der Waals surface area contributed by atoms with Crippen LogP contribution < -0.4 is 5.32 Å². The molecule has 4 aromatic rings. The van der Waals surface area contributed by atoms with Crippen LogP contribution in [0.4, 0.5) is 14.5 Å². The average Bonchev–Trinajstić information content (AvgIpc) is 3.49. The van der Waals surface area contributed by atoms with E-state index in [2.05, 4.69) is 15.5 Å². The number of anilines is 1. The lowest BCUT2D eigenvalue weighted by molar-refractivity contribution is 0.102. The maximum atomic E-state index is 13.3. The molecule has 29 heavy (non-hydrogen) atoms. The second-order valence-corrected chi connectivity index (χ2v) is 7.05. The molecule has 0 unspecified atom stereocenters. The Hall–Kier alpha value is -3.61. The van der Waals surface area contributed by atoms with Crippen LogP contribution >= 0.6 is 0 Å². The summed E-state index contributed by atoms with van der Waals surface area (Å²) in [5, 5.41) is 7.33. The van der Waals surface area contributed by atoms with Crippen LogP contribution in [0.5, 0.6) is 0 Å². The third-order valence-corrected chi connectivity index (χ3v) is 4.93. The van der Waals surface area contributed by atoms with Crippen LogP contribution in [0.2, 0.25) is 0 Å². The molecule has 1 amide bonds. The number of halogens is 2. The van der Waals surface area contributed by atoms with Crippen molar-refractivity contribution in [3.63, 3.8) is 0 Å². The van der Waals surface area contributed by atoms with Gasteiger partial charge in [-0.05, 0) is 67.4 Å². The number of pyridine rings is 1. The lowest BCUT2D eigenvalue weighted by Crippen LogP contribution is -2.13. The number of nitrogens with zero attached hydrogens (tertiary/aromatic N) is 2. The molecule has 0 aliphatic heterocycles. The fraction of sp³-hybridized carbons (Fsp3) is 0.136. The number of nitrogens with one attached hydrogen (secondary N) is 1. The highest BCUT2D eigenvalue weighted by atomic mass is 19.1. The van der Waals surface area contributed by atoms with Gasteiger partial charge in [0.05, 0.1) is 10.9 Å². The van der Waals surface area contributed by atoms with Gasteiger partial charge in [-0.1, -0.05) is 5.16 Å². The molecule has 144 valence electrons. The maximum absolute atomic E-state index is 13.3. The largest absolute Gasteiger partial charge is 0.335 e. The number of fused-ring (bicyclic) bond motifs is 1. The van der Waals surface area contributed by atoms with Gasteiger partial charge in [0.2, 0.25) is 0 Å². The van der Waals surface area contributed by atoms with Crippen molar-refractivity contribution in [2.45, 2.75) is 18.8 Å². The zero-order chi connectivity index (χ0) is 20.0. The zero-order valence-electron chi connectivity index (χ0n) is 15.2. The standard InChI is InChI=1S/C22H15F2N3O2/c23-14-5-3-13(4-6-14)20-19-17(21(28)25-16-9-7-15(24)8-10-16)11-18(12-1-2-12)26-22(19)29-27-20/h3-12H,1-2H2,(H,25,28). The van der Waals surface area contributed by atoms with Gasteiger partial charge in [-0.2, -0.15) is 0 Å². The predicted octanol–water partition coefficient (Wildman–Crippen LogP) is 5.30. The Kier molecular flexibility index (Phi) is 4.08. The van der Waals surface area contributed by atoms with Crippen molar-refractivity contribution in [3.05, 3.63) is 77.5 Å². The molecule has 2 aromatic carbocycles. The summed E-state index contributed by atoms with van der Waals surface area (Å²) in [7, 11) is 0. The Labute approximate surface area is 164 Å². The second kappa shape index (κ2) is 6.77. The molecule has 5 nitrogen and oxygen atoms in total. The summed E-state index contributed by atoms with van der Waals surface area (Å²) in [6, 6.07) is 13.1. The molecule has 1 saturated carbocycles. The molecule has 1 aliphatic rings. The van der Waals surface area contributed by atoms with Crippen molar-refractivity contribution >= 4 is 22.7 Å². The van der Waals surface area contributed by atoms with Gasteiger partial charge in [0.25, 0.3) is 11.6 Å². The molecule has 7 heteroatoms. The third-order valence-electron chi connectivity index (χ3n) is 4.93. The Morgan fingerprint density at radius 2 is 1.66 bits per heavy atom. The van der Waals surface area contributed by atoms with Gasteiger partial charge < -0.3 is 9.84 Å². The van der Waals surface area contributed by atoms with E-state index in [-0.39, 0.29) is 23.3 Å². The number of hydrogen-bond acceptors (Lipinski definition) is 4. The first-order valence-corrected chi connectivity index (χ1v) is 9.21. The van der Waals surface area contributed by atoms with E-state index in [0.29, 0.717) is 33.8 Å². The van der Waals surface area contributed by atoms with Crippen LogP contribution in [0.25, 0.3) is 22.4 Å².